The Morgan fingerprint density at radius 1 is 1.62 bits per heavy atom. The molecule has 0 saturated heterocycles. The quantitative estimate of drug-likeness (QED) is 0.813. The Morgan fingerprint density at radius 3 is 2.81 bits per heavy atom. The van der Waals surface area contributed by atoms with Gasteiger partial charge in [-0.1, -0.05) is 22.0 Å². The first-order chi connectivity index (χ1) is 7.54. The summed E-state index contributed by atoms with van der Waals surface area (Å²) in [5.74, 6) is -1.67. The number of carboxylic acids is 1. The second-order valence-electron chi connectivity index (χ2n) is 3.10. The zero-order chi connectivity index (χ0) is 12.1. The summed E-state index contributed by atoms with van der Waals surface area (Å²) in [5.41, 5.74) is 0.151. The highest BCUT2D eigenvalue weighted by atomic mass is 79.9. The molecule has 16 heavy (non-hydrogen) atoms. The van der Waals surface area contributed by atoms with E-state index in [4.69, 9.17) is 5.11 Å². The van der Waals surface area contributed by atoms with Crippen LogP contribution in [0.1, 0.15) is 18.0 Å². The van der Waals surface area contributed by atoms with Gasteiger partial charge < -0.3 is 10.4 Å². The molecule has 0 bridgehead atoms. The summed E-state index contributed by atoms with van der Waals surface area (Å²) in [6, 6.07) is 3.38. The van der Waals surface area contributed by atoms with Gasteiger partial charge in [-0.15, -0.1) is 0 Å². The van der Waals surface area contributed by atoms with Crippen LogP contribution in [0.15, 0.2) is 22.7 Å². The first-order valence-corrected chi connectivity index (χ1v) is 5.20. The van der Waals surface area contributed by atoms with Crippen molar-refractivity contribution < 1.29 is 19.1 Å². The fourth-order valence-corrected chi connectivity index (χ4v) is 1.63. The maximum absolute atomic E-state index is 13.5. The molecule has 1 aromatic carbocycles. The summed E-state index contributed by atoms with van der Waals surface area (Å²) in [6.45, 7) is 0. The second-order valence-corrected chi connectivity index (χ2v) is 4.02. The molecule has 0 spiro atoms. The molecule has 1 aromatic rings. The molecule has 0 aliphatic heterocycles. The van der Waals surface area contributed by atoms with Gasteiger partial charge in [0.25, 0.3) is 0 Å². The number of nitrogens with one attached hydrogen (secondary N) is 1. The van der Waals surface area contributed by atoms with E-state index < -0.39 is 17.8 Å². The van der Waals surface area contributed by atoms with Crippen LogP contribution >= 0.6 is 15.9 Å². The van der Waals surface area contributed by atoms with Crippen molar-refractivity contribution in [2.45, 2.75) is 12.5 Å². The van der Waals surface area contributed by atoms with Gasteiger partial charge in [0.2, 0.25) is 6.41 Å². The van der Waals surface area contributed by atoms with Crippen molar-refractivity contribution in [3.05, 3.63) is 34.1 Å². The Labute approximate surface area is 99.6 Å². The predicted molar refractivity (Wildman–Crippen MR) is 58.3 cm³/mol. The van der Waals surface area contributed by atoms with Crippen LogP contribution in [0.4, 0.5) is 4.39 Å². The van der Waals surface area contributed by atoms with Crippen molar-refractivity contribution in [3.63, 3.8) is 0 Å². The van der Waals surface area contributed by atoms with Crippen molar-refractivity contribution in [1.29, 1.82) is 0 Å². The summed E-state index contributed by atoms with van der Waals surface area (Å²) < 4.78 is 14.0. The zero-order valence-corrected chi connectivity index (χ0v) is 9.70. The molecule has 2 N–H and O–H groups in total. The number of carboxylic acid groups (broad SMARTS) is 1. The van der Waals surface area contributed by atoms with E-state index in [2.05, 4.69) is 21.2 Å². The van der Waals surface area contributed by atoms with Crippen LogP contribution in [-0.4, -0.2) is 17.5 Å². The maximum atomic E-state index is 13.5. The topological polar surface area (TPSA) is 66.4 Å². The van der Waals surface area contributed by atoms with E-state index in [1.165, 1.54) is 12.1 Å². The lowest BCUT2D eigenvalue weighted by Crippen LogP contribution is -2.23. The van der Waals surface area contributed by atoms with E-state index in [9.17, 15) is 14.0 Å². The Balaban J connectivity index is 3.00. The van der Waals surface area contributed by atoms with Crippen LogP contribution in [0.5, 0.6) is 0 Å². The number of carbonyl (C=O) groups excluding carboxylic acids is 1. The fourth-order valence-electron chi connectivity index (χ4n) is 1.30. The Bertz CT molecular complexity index is 411. The van der Waals surface area contributed by atoms with Crippen LogP contribution in [0.3, 0.4) is 0 Å². The molecule has 0 radical (unpaired) electrons. The lowest BCUT2D eigenvalue weighted by molar-refractivity contribution is -0.137. The second kappa shape index (κ2) is 5.60. The SMILES string of the molecule is O=CN[C@H](CC(=O)O)c1ccc(Br)cc1F. The van der Waals surface area contributed by atoms with Crippen LogP contribution in [0.25, 0.3) is 0 Å². The normalized spacial score (nSPS) is 11.9. The summed E-state index contributed by atoms with van der Waals surface area (Å²) in [7, 11) is 0. The molecule has 0 unspecified atom stereocenters. The van der Waals surface area contributed by atoms with Crippen molar-refractivity contribution in [1.82, 2.24) is 5.32 Å². The van der Waals surface area contributed by atoms with Crippen LogP contribution in [0.2, 0.25) is 0 Å². The van der Waals surface area contributed by atoms with Crippen molar-refractivity contribution in [2.24, 2.45) is 0 Å². The Kier molecular flexibility index (Phi) is 4.42. The highest BCUT2D eigenvalue weighted by Gasteiger charge is 2.18. The van der Waals surface area contributed by atoms with Gasteiger partial charge in [-0.3, -0.25) is 9.59 Å². The van der Waals surface area contributed by atoms with Gasteiger partial charge in [0.1, 0.15) is 5.82 Å². The molecule has 0 heterocycles. The summed E-state index contributed by atoms with van der Waals surface area (Å²) in [6.07, 6.45) is -0.00756. The molecule has 0 aliphatic carbocycles. The van der Waals surface area contributed by atoms with Gasteiger partial charge in [0.15, 0.2) is 0 Å². The molecule has 4 nitrogen and oxygen atoms in total. The molecule has 1 atom stereocenters. The molecule has 1 amide bonds. The summed E-state index contributed by atoms with van der Waals surface area (Å²) >= 11 is 3.09. The largest absolute Gasteiger partial charge is 0.481 e. The van der Waals surface area contributed by atoms with Gasteiger partial charge >= 0.3 is 5.97 Å². The fraction of sp³-hybridized carbons (Fsp3) is 0.200. The minimum atomic E-state index is -1.11. The number of hydrogen-bond acceptors (Lipinski definition) is 2. The van der Waals surface area contributed by atoms with Crippen molar-refractivity contribution in [2.75, 3.05) is 0 Å². The molecule has 6 heteroatoms. The monoisotopic (exact) mass is 289 g/mol. The van der Waals surface area contributed by atoms with Gasteiger partial charge in [-0.05, 0) is 12.1 Å². The number of carbonyl (C=O) groups is 2. The van der Waals surface area contributed by atoms with E-state index in [0.29, 0.717) is 10.9 Å². The average Bonchev–Trinajstić information content (AvgIpc) is 2.16. The molecule has 0 aliphatic rings. The van der Waals surface area contributed by atoms with E-state index in [1.807, 2.05) is 0 Å². The lowest BCUT2D eigenvalue weighted by atomic mass is 10.0. The maximum Gasteiger partial charge on any atom is 0.305 e. The third-order valence-electron chi connectivity index (χ3n) is 1.99. The third kappa shape index (κ3) is 3.30. The van der Waals surface area contributed by atoms with Gasteiger partial charge in [0.05, 0.1) is 12.5 Å². The Morgan fingerprint density at radius 2 is 2.31 bits per heavy atom. The minimum absolute atomic E-state index is 0.151. The molecule has 0 saturated carbocycles. The highest BCUT2D eigenvalue weighted by Crippen LogP contribution is 2.23. The van der Waals surface area contributed by atoms with Crippen LogP contribution in [0, 0.1) is 5.82 Å². The summed E-state index contributed by atoms with van der Waals surface area (Å²) in [4.78, 5) is 20.9. The highest BCUT2D eigenvalue weighted by molar-refractivity contribution is 9.10. The smallest absolute Gasteiger partial charge is 0.305 e. The molecule has 86 valence electrons. The number of benzene rings is 1. The van der Waals surface area contributed by atoms with E-state index >= 15 is 0 Å². The number of amides is 1. The zero-order valence-electron chi connectivity index (χ0n) is 8.11. The number of hydrogen-bond donors (Lipinski definition) is 2. The van der Waals surface area contributed by atoms with E-state index in [0.717, 1.165) is 0 Å². The Hall–Kier alpha value is -1.43. The van der Waals surface area contributed by atoms with Gasteiger partial charge in [-0.2, -0.15) is 0 Å². The predicted octanol–water partition coefficient (Wildman–Crippen LogP) is 1.85. The van der Waals surface area contributed by atoms with Gasteiger partial charge in [-0.25, -0.2) is 4.39 Å². The minimum Gasteiger partial charge on any atom is -0.481 e. The van der Waals surface area contributed by atoms with Gasteiger partial charge in [0, 0.05) is 10.0 Å². The molecular formula is C10H9BrFNO3. The average molecular weight is 290 g/mol. The van der Waals surface area contributed by atoms with Crippen molar-refractivity contribution in [3.8, 4) is 0 Å². The number of aliphatic carboxylic acids is 1. The molecule has 1 rings (SSSR count). The van der Waals surface area contributed by atoms with Crippen LogP contribution < -0.4 is 5.32 Å². The van der Waals surface area contributed by atoms with Crippen molar-refractivity contribution >= 4 is 28.3 Å². The van der Waals surface area contributed by atoms with E-state index in [-0.39, 0.29) is 12.0 Å². The molecular weight excluding hydrogens is 281 g/mol. The third-order valence-corrected chi connectivity index (χ3v) is 2.48. The van der Waals surface area contributed by atoms with E-state index in [1.54, 1.807) is 6.07 Å². The van der Waals surface area contributed by atoms with Crippen LogP contribution in [-0.2, 0) is 9.59 Å². The number of rotatable bonds is 5. The summed E-state index contributed by atoms with van der Waals surface area (Å²) in [5, 5.41) is 10.9. The molecule has 0 fully saturated rings. The number of halogens is 2. The lowest BCUT2D eigenvalue weighted by Gasteiger charge is -2.15. The first kappa shape index (κ1) is 12.6. The molecule has 0 aromatic heterocycles. The standard InChI is InChI=1S/C10H9BrFNO3/c11-6-1-2-7(8(12)3-6)9(13-5-14)4-10(15)16/h1-3,5,9H,4H2,(H,13,14)(H,15,16)/t9-/m1/s1. The first-order valence-electron chi connectivity index (χ1n) is 4.41.